The summed E-state index contributed by atoms with van der Waals surface area (Å²) in [6.45, 7) is 2.44. The summed E-state index contributed by atoms with van der Waals surface area (Å²) in [6, 6.07) is -0.785. The summed E-state index contributed by atoms with van der Waals surface area (Å²) in [5, 5.41) is 22.9. The van der Waals surface area contributed by atoms with E-state index in [-0.39, 0.29) is 24.7 Å². The maximum atomic E-state index is 12.2. The van der Waals surface area contributed by atoms with Crippen LogP contribution in [0.4, 0.5) is 0 Å². The summed E-state index contributed by atoms with van der Waals surface area (Å²) in [7, 11) is 0. The number of carbonyl (C=O) groups excluding carboxylic acids is 2. The van der Waals surface area contributed by atoms with Gasteiger partial charge in [-0.1, -0.05) is 84.0 Å². The molecule has 0 saturated heterocycles. The van der Waals surface area contributed by atoms with Gasteiger partial charge in [0.25, 0.3) is 0 Å². The number of carbonyl (C=O) groups is 4. The van der Waals surface area contributed by atoms with E-state index in [2.05, 4.69) is 10.6 Å². The standard InChI is InChI=1S/C26H48N2O6/c1-2-21-27-26(34)22(19-20-25(32)33)28-23(29)17-15-13-11-9-7-5-3-4-6-8-10-12-14-16-18-24(30)31/h22H,2-21H2,1H3,(H,27,34)(H,28,29)(H,30,31)(H,32,33)/t22-/m0/s1. The van der Waals surface area contributed by atoms with Crippen LogP contribution in [0.3, 0.4) is 0 Å². The molecule has 2 amide bonds. The lowest BCUT2D eigenvalue weighted by Gasteiger charge is -2.17. The number of amides is 2. The number of unbranched alkanes of at least 4 members (excludes halogenated alkanes) is 13. The smallest absolute Gasteiger partial charge is 0.303 e. The fourth-order valence-corrected chi connectivity index (χ4v) is 3.86. The van der Waals surface area contributed by atoms with E-state index in [4.69, 9.17) is 10.2 Å². The van der Waals surface area contributed by atoms with Gasteiger partial charge >= 0.3 is 11.9 Å². The van der Waals surface area contributed by atoms with E-state index in [1.807, 2.05) is 6.92 Å². The van der Waals surface area contributed by atoms with Gasteiger partial charge in [-0.2, -0.15) is 0 Å². The van der Waals surface area contributed by atoms with E-state index >= 15 is 0 Å². The molecule has 198 valence electrons. The number of carboxylic acid groups (broad SMARTS) is 2. The van der Waals surface area contributed by atoms with Crippen molar-refractivity contribution < 1.29 is 29.4 Å². The minimum Gasteiger partial charge on any atom is -0.481 e. The van der Waals surface area contributed by atoms with Gasteiger partial charge in [0.2, 0.25) is 11.8 Å². The van der Waals surface area contributed by atoms with E-state index < -0.39 is 18.0 Å². The van der Waals surface area contributed by atoms with Crippen molar-refractivity contribution in [3.8, 4) is 0 Å². The Kier molecular flexibility index (Phi) is 21.2. The molecule has 1 atom stereocenters. The van der Waals surface area contributed by atoms with Crippen molar-refractivity contribution in [1.82, 2.24) is 10.6 Å². The lowest BCUT2D eigenvalue weighted by Crippen LogP contribution is -2.47. The predicted octanol–water partition coefficient (Wildman–Crippen LogP) is 5.19. The van der Waals surface area contributed by atoms with Gasteiger partial charge in [-0.25, -0.2) is 0 Å². The minimum absolute atomic E-state index is 0.101. The molecule has 0 rings (SSSR count). The number of hydrogen-bond acceptors (Lipinski definition) is 4. The lowest BCUT2D eigenvalue weighted by atomic mass is 10.0. The van der Waals surface area contributed by atoms with E-state index in [1.54, 1.807) is 0 Å². The Labute approximate surface area is 205 Å². The second-order valence-electron chi connectivity index (χ2n) is 9.19. The van der Waals surface area contributed by atoms with Crippen LogP contribution >= 0.6 is 0 Å². The maximum Gasteiger partial charge on any atom is 0.303 e. The monoisotopic (exact) mass is 484 g/mol. The predicted molar refractivity (Wildman–Crippen MR) is 134 cm³/mol. The zero-order valence-corrected chi connectivity index (χ0v) is 21.2. The highest BCUT2D eigenvalue weighted by molar-refractivity contribution is 5.87. The van der Waals surface area contributed by atoms with Gasteiger partial charge in [0.1, 0.15) is 6.04 Å². The minimum atomic E-state index is -0.979. The summed E-state index contributed by atoms with van der Waals surface area (Å²) < 4.78 is 0. The van der Waals surface area contributed by atoms with Crippen LogP contribution in [0.15, 0.2) is 0 Å². The van der Waals surface area contributed by atoms with Crippen molar-refractivity contribution in [2.24, 2.45) is 0 Å². The molecule has 0 heterocycles. The highest BCUT2D eigenvalue weighted by atomic mass is 16.4. The fourth-order valence-electron chi connectivity index (χ4n) is 3.86. The molecule has 0 aliphatic heterocycles. The van der Waals surface area contributed by atoms with E-state index in [0.29, 0.717) is 19.4 Å². The van der Waals surface area contributed by atoms with E-state index in [1.165, 1.54) is 51.4 Å². The van der Waals surface area contributed by atoms with Gasteiger partial charge in [0.15, 0.2) is 0 Å². The highest BCUT2D eigenvalue weighted by Gasteiger charge is 2.21. The average molecular weight is 485 g/mol. The molecule has 0 aromatic heterocycles. The second kappa shape index (κ2) is 22.7. The third kappa shape index (κ3) is 21.7. The van der Waals surface area contributed by atoms with Crippen molar-refractivity contribution in [2.45, 2.75) is 135 Å². The van der Waals surface area contributed by atoms with Crippen LogP contribution in [-0.2, 0) is 19.2 Å². The quantitative estimate of drug-likeness (QED) is 0.139. The zero-order chi connectivity index (χ0) is 25.4. The third-order valence-corrected chi connectivity index (χ3v) is 5.89. The number of hydrogen-bond donors (Lipinski definition) is 4. The molecule has 4 N–H and O–H groups in total. The normalized spacial score (nSPS) is 11.7. The fraction of sp³-hybridized carbons (Fsp3) is 0.846. The Hall–Kier alpha value is -2.12. The Morgan fingerprint density at radius 2 is 1.03 bits per heavy atom. The Balaban J connectivity index is 3.64. The molecule has 0 unspecified atom stereocenters. The van der Waals surface area contributed by atoms with Gasteiger partial charge in [0, 0.05) is 25.8 Å². The first-order chi connectivity index (χ1) is 16.4. The first-order valence-electron chi connectivity index (χ1n) is 13.4. The Bertz CT molecular complexity index is 567. The lowest BCUT2D eigenvalue weighted by molar-refractivity contribution is -0.138. The molecule has 0 radical (unpaired) electrons. The van der Waals surface area contributed by atoms with Crippen molar-refractivity contribution in [2.75, 3.05) is 6.54 Å². The number of nitrogens with one attached hydrogen (secondary N) is 2. The molecule has 0 spiro atoms. The molecule has 0 aliphatic carbocycles. The van der Waals surface area contributed by atoms with Crippen molar-refractivity contribution in [3.63, 3.8) is 0 Å². The van der Waals surface area contributed by atoms with Crippen LogP contribution in [0, 0.1) is 0 Å². The maximum absolute atomic E-state index is 12.2. The van der Waals surface area contributed by atoms with Crippen LogP contribution in [-0.4, -0.2) is 46.6 Å². The summed E-state index contributed by atoms with van der Waals surface area (Å²) >= 11 is 0. The molecule has 0 aliphatic rings. The first kappa shape index (κ1) is 31.9. The number of carboxylic acids is 2. The topological polar surface area (TPSA) is 133 Å². The van der Waals surface area contributed by atoms with Gasteiger partial charge in [-0.15, -0.1) is 0 Å². The van der Waals surface area contributed by atoms with Crippen molar-refractivity contribution in [1.29, 1.82) is 0 Å². The molecular weight excluding hydrogens is 436 g/mol. The average Bonchev–Trinajstić information content (AvgIpc) is 2.79. The van der Waals surface area contributed by atoms with Crippen LogP contribution in [0.2, 0.25) is 0 Å². The molecule has 0 bridgehead atoms. The Morgan fingerprint density at radius 3 is 1.44 bits per heavy atom. The van der Waals surface area contributed by atoms with Gasteiger partial charge in [-0.3, -0.25) is 19.2 Å². The van der Waals surface area contributed by atoms with Crippen LogP contribution in [0.1, 0.15) is 129 Å². The van der Waals surface area contributed by atoms with Gasteiger partial charge in [-0.05, 0) is 25.7 Å². The Morgan fingerprint density at radius 1 is 0.618 bits per heavy atom. The van der Waals surface area contributed by atoms with E-state index in [0.717, 1.165) is 44.9 Å². The molecule has 34 heavy (non-hydrogen) atoms. The largest absolute Gasteiger partial charge is 0.481 e. The molecule has 0 saturated carbocycles. The van der Waals surface area contributed by atoms with Gasteiger partial charge < -0.3 is 20.8 Å². The summed E-state index contributed by atoms with van der Waals surface area (Å²) in [4.78, 5) is 45.6. The molecule has 0 aromatic rings. The molecule has 0 fully saturated rings. The molecule has 8 nitrogen and oxygen atoms in total. The van der Waals surface area contributed by atoms with E-state index in [9.17, 15) is 19.2 Å². The van der Waals surface area contributed by atoms with Crippen molar-refractivity contribution in [3.05, 3.63) is 0 Å². The zero-order valence-electron chi connectivity index (χ0n) is 21.2. The van der Waals surface area contributed by atoms with Gasteiger partial charge in [0.05, 0.1) is 0 Å². The van der Waals surface area contributed by atoms with Crippen LogP contribution in [0.25, 0.3) is 0 Å². The van der Waals surface area contributed by atoms with Crippen LogP contribution < -0.4 is 10.6 Å². The third-order valence-electron chi connectivity index (χ3n) is 5.89. The van der Waals surface area contributed by atoms with Crippen molar-refractivity contribution >= 4 is 23.8 Å². The number of rotatable bonds is 24. The van der Waals surface area contributed by atoms with Crippen LogP contribution in [0.5, 0.6) is 0 Å². The molecule has 8 heteroatoms. The molecular formula is C26H48N2O6. The summed E-state index contributed by atoms with van der Waals surface area (Å²) in [5.74, 6) is -2.18. The summed E-state index contributed by atoms with van der Waals surface area (Å²) in [6.07, 6.45) is 17.1. The number of aliphatic carboxylic acids is 2. The SMILES string of the molecule is CCCNC(=O)[C@H](CCC(=O)O)NC(=O)CCCCCCCCCCCCCCCCC(=O)O. The molecule has 0 aromatic carbocycles. The summed E-state index contributed by atoms with van der Waals surface area (Å²) in [5.41, 5.74) is 0. The second-order valence-corrected chi connectivity index (χ2v) is 9.19. The first-order valence-corrected chi connectivity index (χ1v) is 13.4. The highest BCUT2D eigenvalue weighted by Crippen LogP contribution is 2.14.